The average Bonchev–Trinajstić information content (AvgIpc) is 3.42. The van der Waals surface area contributed by atoms with Crippen LogP contribution in [0.1, 0.15) is 5.56 Å². The average molecular weight is 451 g/mol. The van der Waals surface area contributed by atoms with Gasteiger partial charge in [-0.15, -0.1) is 0 Å². The van der Waals surface area contributed by atoms with E-state index in [0.717, 1.165) is 20.6 Å². The molecule has 0 bridgehead atoms. The van der Waals surface area contributed by atoms with E-state index in [1.54, 1.807) is 4.68 Å². The van der Waals surface area contributed by atoms with Crippen molar-refractivity contribution in [2.45, 2.75) is 6.10 Å². The molecule has 2 unspecified atom stereocenters. The molecule has 0 radical (unpaired) electrons. The highest BCUT2D eigenvalue weighted by Gasteiger charge is 2.55. The van der Waals surface area contributed by atoms with Crippen LogP contribution in [0.2, 0.25) is 0 Å². The number of oxime groups is 1. The number of benzene rings is 2. The maximum absolute atomic E-state index is 12.7. The Morgan fingerprint density at radius 3 is 2.45 bits per heavy atom. The van der Waals surface area contributed by atoms with Crippen molar-refractivity contribution in [3.8, 4) is 16.9 Å². The van der Waals surface area contributed by atoms with Gasteiger partial charge in [0.15, 0.2) is 0 Å². The molecule has 0 saturated carbocycles. The lowest BCUT2D eigenvalue weighted by atomic mass is 9.93. The molecule has 1 saturated heterocycles. The fraction of sp³-hybridized carbons (Fsp3) is 0.143. The van der Waals surface area contributed by atoms with Crippen LogP contribution in [0.5, 0.6) is 0 Å². The third-order valence-electron chi connectivity index (χ3n) is 5.16. The van der Waals surface area contributed by atoms with Gasteiger partial charge >= 0.3 is 0 Å². The van der Waals surface area contributed by atoms with Crippen LogP contribution in [0.25, 0.3) is 16.9 Å². The summed E-state index contributed by atoms with van der Waals surface area (Å²) in [5.74, 6) is -1.44. The number of fused-ring (bicyclic) bond motifs is 1. The van der Waals surface area contributed by atoms with E-state index >= 15 is 0 Å². The summed E-state index contributed by atoms with van der Waals surface area (Å²) in [6.07, 6.45) is 0.924. The number of carbonyl (C=O) groups excluding carboxylic acids is 2. The first-order chi connectivity index (χ1) is 14.0. The first-order valence-electron chi connectivity index (χ1n) is 9.01. The van der Waals surface area contributed by atoms with Gasteiger partial charge < -0.3 is 4.84 Å². The van der Waals surface area contributed by atoms with E-state index in [-0.39, 0.29) is 11.8 Å². The van der Waals surface area contributed by atoms with E-state index in [2.05, 4.69) is 21.1 Å². The summed E-state index contributed by atoms with van der Waals surface area (Å²) in [7, 11) is 1.47. The molecule has 0 aliphatic carbocycles. The molecule has 2 atom stereocenters. The molecule has 5 rings (SSSR count). The zero-order chi connectivity index (χ0) is 20.1. The third kappa shape index (κ3) is 2.79. The van der Waals surface area contributed by atoms with Gasteiger partial charge in [-0.1, -0.05) is 51.4 Å². The zero-order valence-corrected chi connectivity index (χ0v) is 16.9. The number of rotatable bonds is 3. The van der Waals surface area contributed by atoms with Gasteiger partial charge in [-0.3, -0.25) is 14.5 Å². The van der Waals surface area contributed by atoms with Crippen LogP contribution in [0, 0.1) is 5.92 Å². The minimum Gasteiger partial charge on any atom is -0.381 e. The number of amides is 2. The monoisotopic (exact) mass is 450 g/mol. The number of hydrogen-bond acceptors (Lipinski definition) is 5. The molecule has 8 heteroatoms. The number of para-hydroxylation sites is 1. The lowest BCUT2D eigenvalue weighted by molar-refractivity contribution is -0.140. The van der Waals surface area contributed by atoms with E-state index < -0.39 is 12.0 Å². The molecule has 144 valence electrons. The lowest BCUT2D eigenvalue weighted by Crippen LogP contribution is -2.29. The molecular formula is C21H15BrN4O3. The number of nitrogens with zero attached hydrogens (tertiary/aromatic N) is 4. The molecule has 2 aliphatic rings. The maximum Gasteiger partial charge on any atom is 0.274 e. The number of likely N-dealkylation sites (N-methyl/N-ethyl adjacent to an activating group) is 1. The molecule has 2 aliphatic heterocycles. The number of carbonyl (C=O) groups is 2. The Hall–Kier alpha value is -3.26. The fourth-order valence-electron chi connectivity index (χ4n) is 3.63. The van der Waals surface area contributed by atoms with Gasteiger partial charge in [0.2, 0.25) is 12.0 Å². The Labute approximate surface area is 174 Å². The Bertz CT molecular complexity index is 1150. The molecule has 2 aromatic carbocycles. The van der Waals surface area contributed by atoms with Gasteiger partial charge in [0.05, 0.1) is 5.69 Å². The quantitative estimate of drug-likeness (QED) is 0.574. The molecule has 3 aromatic rings. The van der Waals surface area contributed by atoms with Crippen molar-refractivity contribution < 1.29 is 14.4 Å². The van der Waals surface area contributed by atoms with Crippen LogP contribution in [0.4, 0.5) is 0 Å². The van der Waals surface area contributed by atoms with Crippen molar-refractivity contribution in [2.24, 2.45) is 11.1 Å². The molecule has 1 fully saturated rings. The summed E-state index contributed by atoms with van der Waals surface area (Å²) in [4.78, 5) is 31.4. The Kier molecular flexibility index (Phi) is 4.09. The molecule has 2 amide bonds. The zero-order valence-electron chi connectivity index (χ0n) is 15.3. The normalized spacial score (nSPS) is 20.6. The number of likely N-dealkylation sites (tertiary alicyclic amines) is 1. The van der Waals surface area contributed by atoms with Crippen molar-refractivity contribution in [1.82, 2.24) is 14.7 Å². The van der Waals surface area contributed by atoms with Gasteiger partial charge in [0, 0.05) is 28.8 Å². The Balaban J connectivity index is 1.66. The summed E-state index contributed by atoms with van der Waals surface area (Å²) >= 11 is 3.45. The highest BCUT2D eigenvalue weighted by Crippen LogP contribution is 2.35. The van der Waals surface area contributed by atoms with Gasteiger partial charge in [0.1, 0.15) is 17.3 Å². The number of aromatic nitrogens is 2. The van der Waals surface area contributed by atoms with E-state index in [4.69, 9.17) is 9.94 Å². The topological polar surface area (TPSA) is 76.8 Å². The molecule has 7 nitrogen and oxygen atoms in total. The second kappa shape index (κ2) is 6.66. The predicted octanol–water partition coefficient (Wildman–Crippen LogP) is 3.02. The van der Waals surface area contributed by atoms with Crippen LogP contribution >= 0.6 is 15.9 Å². The van der Waals surface area contributed by atoms with Crippen LogP contribution in [-0.2, 0) is 14.4 Å². The summed E-state index contributed by atoms with van der Waals surface area (Å²) in [5.41, 5.74) is 3.50. The van der Waals surface area contributed by atoms with E-state index in [0.29, 0.717) is 17.0 Å². The van der Waals surface area contributed by atoms with Gasteiger partial charge in [-0.05, 0) is 24.3 Å². The number of hydrogen-bond donors (Lipinski definition) is 0. The maximum atomic E-state index is 12.7. The molecule has 0 N–H and O–H groups in total. The molecule has 1 aromatic heterocycles. The second-order valence-corrected chi connectivity index (χ2v) is 7.81. The van der Waals surface area contributed by atoms with E-state index in [1.165, 1.54) is 7.05 Å². The fourth-order valence-corrected chi connectivity index (χ4v) is 3.89. The molecule has 0 spiro atoms. The van der Waals surface area contributed by atoms with Crippen LogP contribution < -0.4 is 0 Å². The highest BCUT2D eigenvalue weighted by molar-refractivity contribution is 9.10. The summed E-state index contributed by atoms with van der Waals surface area (Å²) in [6.45, 7) is 0. The predicted molar refractivity (Wildman–Crippen MR) is 109 cm³/mol. The SMILES string of the molecule is CN1C(=O)C2ON=C(c3cn(-c4ccccc4)nc3-c3ccc(Br)cc3)C2C1=O. The first kappa shape index (κ1) is 17.8. The largest absolute Gasteiger partial charge is 0.381 e. The van der Waals surface area contributed by atoms with E-state index in [1.807, 2.05) is 60.8 Å². The van der Waals surface area contributed by atoms with Gasteiger partial charge in [-0.2, -0.15) is 5.10 Å². The second-order valence-electron chi connectivity index (χ2n) is 6.89. The Morgan fingerprint density at radius 2 is 1.72 bits per heavy atom. The number of imide groups is 1. The standard InChI is InChI=1S/C21H15BrN4O3/c1-25-20(27)16-18(24-29-19(16)21(25)28)15-11-26(14-5-3-2-4-6-14)23-17(15)12-7-9-13(22)10-8-12/h2-11,16,19H,1H3. The van der Waals surface area contributed by atoms with Crippen molar-refractivity contribution in [3.63, 3.8) is 0 Å². The van der Waals surface area contributed by atoms with Crippen molar-refractivity contribution in [1.29, 1.82) is 0 Å². The minimum atomic E-state index is -0.902. The smallest absolute Gasteiger partial charge is 0.274 e. The van der Waals surface area contributed by atoms with Crippen LogP contribution in [0.3, 0.4) is 0 Å². The highest BCUT2D eigenvalue weighted by atomic mass is 79.9. The van der Waals surface area contributed by atoms with Crippen molar-refractivity contribution >= 4 is 33.5 Å². The molecule has 29 heavy (non-hydrogen) atoms. The van der Waals surface area contributed by atoms with Gasteiger partial charge in [-0.25, -0.2) is 4.68 Å². The van der Waals surface area contributed by atoms with Crippen LogP contribution in [0.15, 0.2) is 70.4 Å². The van der Waals surface area contributed by atoms with E-state index in [9.17, 15) is 9.59 Å². The van der Waals surface area contributed by atoms with Crippen molar-refractivity contribution in [3.05, 3.63) is 70.8 Å². The number of halogens is 1. The summed E-state index contributed by atoms with van der Waals surface area (Å²) in [5, 5.41) is 8.88. The molecule has 3 heterocycles. The van der Waals surface area contributed by atoms with Crippen LogP contribution in [-0.4, -0.2) is 45.4 Å². The molecular weight excluding hydrogens is 436 g/mol. The first-order valence-corrected chi connectivity index (χ1v) is 9.80. The van der Waals surface area contributed by atoms with Crippen molar-refractivity contribution in [2.75, 3.05) is 7.05 Å². The minimum absolute atomic E-state index is 0.314. The summed E-state index contributed by atoms with van der Waals surface area (Å²) < 4.78 is 2.69. The summed E-state index contributed by atoms with van der Waals surface area (Å²) in [6, 6.07) is 17.4. The Morgan fingerprint density at radius 1 is 1.00 bits per heavy atom. The van der Waals surface area contributed by atoms with Gasteiger partial charge in [0.25, 0.3) is 5.91 Å². The third-order valence-corrected chi connectivity index (χ3v) is 5.69. The lowest BCUT2D eigenvalue weighted by Gasteiger charge is -2.08.